The summed E-state index contributed by atoms with van der Waals surface area (Å²) in [6.07, 6.45) is 10.6. The summed E-state index contributed by atoms with van der Waals surface area (Å²) in [5.41, 5.74) is 24.1. The van der Waals surface area contributed by atoms with Gasteiger partial charge in [0.05, 0.1) is 82.9 Å². The van der Waals surface area contributed by atoms with Crippen LogP contribution in [-0.2, 0) is 80.2 Å². The number of thiazole rings is 2. The number of nitrogens with one attached hydrogen (secondary N) is 6. The first-order chi connectivity index (χ1) is 62.8. The number of aliphatic hydroxyl groups is 2. The van der Waals surface area contributed by atoms with E-state index in [0.29, 0.717) is 45.1 Å². The molecule has 7 aromatic carbocycles. The number of carboxylic acid groups (broad SMARTS) is 1. The molecule has 4 aromatic heterocycles. The molecule has 28 heteroatoms. The van der Waals surface area contributed by atoms with Gasteiger partial charge in [-0.3, -0.25) is 43.4 Å². The number of ketones is 1. The van der Waals surface area contributed by atoms with E-state index in [4.69, 9.17) is 20.3 Å². The molecule has 0 aliphatic carbocycles. The lowest BCUT2D eigenvalue weighted by Gasteiger charge is -2.35. The minimum Gasteiger partial charge on any atom is -0.478 e. The van der Waals surface area contributed by atoms with E-state index in [1.54, 1.807) is 40.9 Å². The highest BCUT2D eigenvalue weighted by Crippen LogP contribution is 2.34. The second-order valence-corrected chi connectivity index (χ2v) is 37.8. The number of likely N-dealkylation sites (tertiary alicyclic amines) is 2. The predicted molar refractivity (Wildman–Crippen MR) is 516 cm³/mol. The molecule has 6 amide bonds. The van der Waals surface area contributed by atoms with Gasteiger partial charge in [-0.05, 0) is 143 Å². The fraction of sp³-hybridized carbons (Fsp3) is 0.379. The maximum absolute atomic E-state index is 14.2. The van der Waals surface area contributed by atoms with Crippen LogP contribution in [0.3, 0.4) is 0 Å². The lowest BCUT2D eigenvalue weighted by molar-refractivity contribution is -0.144. The second kappa shape index (κ2) is 46.1. The second-order valence-electron chi connectivity index (χ2n) is 36.1. The molecular formula is C103H123N13O13S2. The number of nitrogens with zero attached hydrogens (tertiary/aromatic N) is 6. The molecule has 11 aromatic rings. The Morgan fingerprint density at radius 3 is 1.32 bits per heavy atom. The van der Waals surface area contributed by atoms with Gasteiger partial charge in [0.25, 0.3) is 0 Å². The third kappa shape index (κ3) is 27.7. The topological polar surface area (TPSA) is 360 Å². The largest absolute Gasteiger partial charge is 0.478 e. The van der Waals surface area contributed by atoms with Gasteiger partial charge in [-0.25, -0.2) is 14.8 Å². The third-order valence-corrected chi connectivity index (χ3v) is 25.9. The number of hydrogen-bond donors (Lipinski definition) is 10. The van der Waals surface area contributed by atoms with Crippen molar-refractivity contribution in [3.05, 3.63) is 267 Å². The zero-order valence-corrected chi connectivity index (χ0v) is 78.0. The zero-order chi connectivity index (χ0) is 93.5. The molecule has 2 saturated heterocycles. The number of para-hydroxylation sites is 3. The SMILES string of the molecule is Cc1ncsc1-c1ccc([C@H](C)NC(=O)[C@@H]2C[C@@H](O)CN2C(=O)[C@@H](NC(=O)CCOCCN(CCc2c[nH]c3ccccc23)Cc2ccc(/C=C/C(=O)Cc3ccccc3N)cc2)C(C)(C)C)cc1.Cc1ncsc1-c1ccc([C@H](C)NC(=O)[C@@H]2C[C@@H](O)CN2C(=O)[C@@H](NC(=O)CCOCCN(CCc2c[nH]c3ccccc23)Cc2ccc(/C=C/C(=O)O)cc2)C(C)(C)C)cc1. The van der Waals surface area contributed by atoms with Gasteiger partial charge in [0.2, 0.25) is 35.4 Å². The molecule has 26 nitrogen and oxygen atoms in total. The maximum atomic E-state index is 14.2. The van der Waals surface area contributed by atoms with E-state index < -0.39 is 65.0 Å². The van der Waals surface area contributed by atoms with Crippen molar-refractivity contribution >= 4 is 110 Å². The quantitative estimate of drug-likeness (QED) is 0.00969. The standard InChI is InChI=1S/C55H65N7O6S.C48H58N6O7S/c1-36(40-19-21-41(22-20-40)51-37(2)58-35-69-51)59-53(66)49-31-45(64)34-62(49)54(67)52(55(3,4)5)60-50(65)25-28-68-29-27-61(26-24-43-32-57-48-13-9-7-11-46(43)48)33-39-16-14-38(15-17-39)18-23-44(63)30-42-10-6-8-12-47(42)56;1-31(35-15-17-36(18-16-35)44-32(2)50-30-62-44)51-46(59)41-26-38(55)29-54(41)47(60)45(48(3,4)5)52-42(56)21-24-61-25-23-53(22-20-37-27-49-40-9-7-6-8-39(37)40)28-34-12-10-33(11-13-34)14-19-43(57)58/h6-23,32,35-36,45,49,52,57,64H,24-31,33-34,56H2,1-5H3,(H,59,66)(H,60,65);6-19,27,30-31,38,41,45,49,55H,20-26,28-29H2,1-5H3,(H,51,59)(H,52,56)(H,57,58)/b23-18+;19-14+/t36-,45+,49-,52+;31-,38+,41-,45+/m00/s1. The van der Waals surface area contributed by atoms with Gasteiger partial charge in [0, 0.05) is 130 Å². The van der Waals surface area contributed by atoms with Crippen molar-refractivity contribution in [1.29, 1.82) is 0 Å². The average molecular weight is 1820 g/mol. The molecule has 8 atom stereocenters. The molecule has 0 spiro atoms. The Kier molecular flexibility index (Phi) is 34.5. The zero-order valence-electron chi connectivity index (χ0n) is 76.3. The molecule has 2 aliphatic rings. The number of aliphatic hydroxyl groups excluding tert-OH is 2. The number of aromatic amines is 2. The van der Waals surface area contributed by atoms with Crippen molar-refractivity contribution in [3.8, 4) is 20.9 Å². The summed E-state index contributed by atoms with van der Waals surface area (Å²) in [5.74, 6) is -3.27. The first-order valence-corrected chi connectivity index (χ1v) is 46.6. The Morgan fingerprint density at radius 2 is 0.924 bits per heavy atom. The van der Waals surface area contributed by atoms with E-state index in [1.807, 2.05) is 220 Å². The molecule has 131 heavy (non-hydrogen) atoms. The highest BCUT2D eigenvalue weighted by molar-refractivity contribution is 7.13. The fourth-order valence-corrected chi connectivity index (χ4v) is 18.1. The highest BCUT2D eigenvalue weighted by atomic mass is 32.1. The van der Waals surface area contributed by atoms with Crippen molar-refractivity contribution in [2.24, 2.45) is 10.8 Å². The van der Waals surface area contributed by atoms with Gasteiger partial charge >= 0.3 is 5.97 Å². The Morgan fingerprint density at radius 1 is 0.519 bits per heavy atom. The third-order valence-electron chi connectivity index (χ3n) is 24.0. The molecule has 11 N–H and O–H groups in total. The summed E-state index contributed by atoms with van der Waals surface area (Å²) >= 11 is 3.15. The monoisotopic (exact) mass is 1810 g/mol. The first kappa shape index (κ1) is 97.9. The Labute approximate surface area is 774 Å². The van der Waals surface area contributed by atoms with Crippen molar-refractivity contribution in [2.75, 3.05) is 71.4 Å². The first-order valence-electron chi connectivity index (χ1n) is 44.8. The number of benzene rings is 7. The molecule has 2 fully saturated rings. The lowest BCUT2D eigenvalue weighted by atomic mass is 9.85. The van der Waals surface area contributed by atoms with Crippen LogP contribution in [0.1, 0.15) is 155 Å². The Balaban J connectivity index is 0.000000238. The van der Waals surface area contributed by atoms with Crippen LogP contribution in [-0.4, -0.2) is 204 Å². The van der Waals surface area contributed by atoms with Gasteiger partial charge in [-0.15, -0.1) is 22.7 Å². The predicted octanol–water partition coefficient (Wildman–Crippen LogP) is 14.3. The normalized spacial score (nSPS) is 16.3. The molecule has 6 heterocycles. The van der Waals surface area contributed by atoms with E-state index in [2.05, 4.69) is 93.6 Å². The number of carbonyl (C=O) groups is 8. The van der Waals surface area contributed by atoms with Crippen molar-refractivity contribution in [2.45, 2.75) is 176 Å². The molecule has 0 radical (unpaired) electrons. The number of amides is 6. The van der Waals surface area contributed by atoms with Gasteiger partial charge in [0.15, 0.2) is 5.78 Å². The smallest absolute Gasteiger partial charge is 0.328 e. The molecular weight excluding hydrogens is 1690 g/mol. The summed E-state index contributed by atoms with van der Waals surface area (Å²) < 4.78 is 12.0. The summed E-state index contributed by atoms with van der Waals surface area (Å²) in [4.78, 5) is 131. The number of allylic oxidation sites excluding steroid dienone is 1. The number of aryl methyl sites for hydroxylation is 2. The van der Waals surface area contributed by atoms with Gasteiger partial charge in [-0.2, -0.15) is 0 Å². The number of H-pyrrole nitrogens is 2. The molecule has 13 rings (SSSR count). The Bertz CT molecular complexity index is 5750. The number of carboxylic acids is 1. The number of fused-ring (bicyclic) bond motifs is 2. The van der Waals surface area contributed by atoms with Crippen molar-refractivity contribution in [3.63, 3.8) is 0 Å². The number of rotatable bonds is 40. The van der Waals surface area contributed by atoms with Crippen LogP contribution in [0, 0.1) is 24.7 Å². The van der Waals surface area contributed by atoms with Crippen molar-refractivity contribution in [1.82, 2.24) is 60.8 Å². The van der Waals surface area contributed by atoms with Crippen LogP contribution >= 0.6 is 22.7 Å². The highest BCUT2D eigenvalue weighted by Gasteiger charge is 2.47. The molecule has 2 aliphatic heterocycles. The van der Waals surface area contributed by atoms with E-state index >= 15 is 0 Å². The number of aromatic nitrogens is 4. The van der Waals surface area contributed by atoms with E-state index in [0.717, 1.165) is 114 Å². The number of hydrogen-bond acceptors (Lipinski definition) is 19. The summed E-state index contributed by atoms with van der Waals surface area (Å²) in [6.45, 7) is 24.0. The number of carbonyl (C=O) groups excluding carboxylic acids is 7. The number of aliphatic carboxylic acids is 1. The number of ether oxygens (including phenoxy) is 2. The Hall–Kier alpha value is -12.1. The van der Waals surface area contributed by atoms with Crippen LogP contribution in [0.15, 0.2) is 205 Å². The summed E-state index contributed by atoms with van der Waals surface area (Å²) in [5, 5.41) is 44.7. The van der Waals surface area contributed by atoms with Crippen molar-refractivity contribution < 1.29 is 63.1 Å². The summed E-state index contributed by atoms with van der Waals surface area (Å²) in [6, 6.07) is 51.3. The fourth-order valence-electron chi connectivity index (χ4n) is 16.5. The average Bonchev–Trinajstić information content (AvgIpc) is 1.68. The minimum atomic E-state index is -0.998. The number of nitrogen functional groups attached to an aromatic ring is 1. The van der Waals surface area contributed by atoms with Gasteiger partial charge in [-0.1, -0.05) is 199 Å². The van der Waals surface area contributed by atoms with E-state index in [1.165, 1.54) is 31.7 Å². The van der Waals surface area contributed by atoms with E-state index in [9.17, 15) is 48.6 Å². The van der Waals surface area contributed by atoms with Crippen LogP contribution in [0.4, 0.5) is 5.69 Å². The lowest BCUT2D eigenvalue weighted by Crippen LogP contribution is -2.58. The van der Waals surface area contributed by atoms with Gasteiger partial charge in [0.1, 0.15) is 24.2 Å². The van der Waals surface area contributed by atoms with Crippen LogP contribution in [0.2, 0.25) is 0 Å². The number of nitrogens with two attached hydrogens (primary N) is 1. The maximum Gasteiger partial charge on any atom is 0.328 e. The van der Waals surface area contributed by atoms with E-state index in [-0.39, 0.29) is 99.9 Å². The molecule has 690 valence electrons. The summed E-state index contributed by atoms with van der Waals surface area (Å²) in [7, 11) is 0. The van der Waals surface area contributed by atoms with Crippen LogP contribution in [0.25, 0.3) is 54.8 Å². The molecule has 0 saturated carbocycles. The molecule has 0 unspecified atom stereocenters. The minimum absolute atomic E-state index is 0.00970. The van der Waals surface area contributed by atoms with Crippen LogP contribution < -0.4 is 27.0 Å². The van der Waals surface area contributed by atoms with Crippen LogP contribution in [0.5, 0.6) is 0 Å². The van der Waals surface area contributed by atoms with Gasteiger partial charge < -0.3 is 71.6 Å². The molecule has 0 bridgehead atoms. The number of anilines is 1. The number of β-amino-alcohol motifs (C(OH)–C–C–N with tert-alkyl or cyclic N) is 2.